The molecule has 1 aromatic rings. The minimum Gasteiger partial charge on any atom is -0.444 e. The van der Waals surface area contributed by atoms with Gasteiger partial charge in [-0.2, -0.15) is 5.10 Å². The van der Waals surface area contributed by atoms with Crippen LogP contribution in [-0.4, -0.2) is 64.5 Å². The van der Waals surface area contributed by atoms with Crippen molar-refractivity contribution in [2.24, 2.45) is 0 Å². The molecule has 1 unspecified atom stereocenters. The van der Waals surface area contributed by atoms with E-state index in [0.29, 0.717) is 18.8 Å². The molecule has 8 heteroatoms. The Morgan fingerprint density at radius 2 is 1.90 bits per heavy atom. The molecule has 0 saturated carbocycles. The Hall–Kier alpha value is -2.09. The van der Waals surface area contributed by atoms with E-state index >= 15 is 0 Å². The maximum atomic E-state index is 13.2. The van der Waals surface area contributed by atoms with Gasteiger partial charge in [0.2, 0.25) is 0 Å². The quantitative estimate of drug-likeness (QED) is 0.646. The summed E-state index contributed by atoms with van der Waals surface area (Å²) in [6.07, 6.45) is 6.71. The van der Waals surface area contributed by atoms with Crippen LogP contribution in [0.15, 0.2) is 0 Å². The molecule has 1 atom stereocenters. The molecule has 0 aromatic carbocycles. The SMILES string of the molecule is CCCn1nc(C(=O)N2CCCCC2)c2c1CCC(NCCNC(=O)OC(C)(C)C)C2. The van der Waals surface area contributed by atoms with Crippen molar-refractivity contribution in [2.75, 3.05) is 26.2 Å². The zero-order chi connectivity index (χ0) is 22.4. The van der Waals surface area contributed by atoms with Crippen LogP contribution >= 0.6 is 0 Å². The molecule has 2 heterocycles. The molecule has 2 amide bonds. The van der Waals surface area contributed by atoms with Gasteiger partial charge in [0.05, 0.1) is 0 Å². The number of carbonyl (C=O) groups is 2. The van der Waals surface area contributed by atoms with Crippen LogP contribution < -0.4 is 10.6 Å². The lowest BCUT2D eigenvalue weighted by atomic mass is 9.91. The van der Waals surface area contributed by atoms with Crippen molar-refractivity contribution in [3.05, 3.63) is 17.0 Å². The summed E-state index contributed by atoms with van der Waals surface area (Å²) in [6.45, 7) is 11.4. The van der Waals surface area contributed by atoms with Gasteiger partial charge in [-0.15, -0.1) is 0 Å². The molecular weight excluding hydrogens is 394 g/mol. The zero-order valence-corrected chi connectivity index (χ0v) is 19.6. The standard InChI is InChI=1S/C23H39N5O3/c1-5-13-28-19-10-9-17(24-11-12-25-22(30)31-23(2,3)4)16-18(19)20(26-28)21(29)27-14-7-6-8-15-27/h17,24H,5-16H2,1-4H3,(H,25,30). The molecule has 1 aliphatic carbocycles. The van der Waals surface area contributed by atoms with Crippen molar-refractivity contribution in [3.63, 3.8) is 0 Å². The summed E-state index contributed by atoms with van der Waals surface area (Å²) >= 11 is 0. The minimum absolute atomic E-state index is 0.0954. The lowest BCUT2D eigenvalue weighted by Crippen LogP contribution is -2.41. The van der Waals surface area contributed by atoms with E-state index in [1.165, 1.54) is 12.1 Å². The molecule has 0 spiro atoms. The van der Waals surface area contributed by atoms with Gasteiger partial charge in [0, 0.05) is 50.0 Å². The van der Waals surface area contributed by atoms with E-state index in [-0.39, 0.29) is 11.9 Å². The highest BCUT2D eigenvalue weighted by molar-refractivity contribution is 5.94. The fourth-order valence-corrected chi connectivity index (χ4v) is 4.43. The average Bonchev–Trinajstić information content (AvgIpc) is 3.08. The highest BCUT2D eigenvalue weighted by atomic mass is 16.6. The Balaban J connectivity index is 1.59. The van der Waals surface area contributed by atoms with Gasteiger partial charge in [0.15, 0.2) is 5.69 Å². The van der Waals surface area contributed by atoms with Crippen molar-refractivity contribution in [1.29, 1.82) is 0 Å². The molecule has 8 nitrogen and oxygen atoms in total. The molecule has 174 valence electrons. The lowest BCUT2D eigenvalue weighted by molar-refractivity contribution is 0.0527. The number of likely N-dealkylation sites (tertiary alicyclic amines) is 1. The molecule has 31 heavy (non-hydrogen) atoms. The number of aromatic nitrogens is 2. The van der Waals surface area contributed by atoms with Crippen molar-refractivity contribution in [3.8, 4) is 0 Å². The van der Waals surface area contributed by atoms with E-state index in [1.807, 2.05) is 25.7 Å². The van der Waals surface area contributed by atoms with Crippen molar-refractivity contribution >= 4 is 12.0 Å². The highest BCUT2D eigenvalue weighted by Crippen LogP contribution is 2.27. The number of fused-ring (bicyclic) bond motifs is 1. The van der Waals surface area contributed by atoms with Crippen molar-refractivity contribution < 1.29 is 14.3 Å². The van der Waals surface area contributed by atoms with Crippen LogP contribution in [0.4, 0.5) is 4.79 Å². The van der Waals surface area contributed by atoms with Gasteiger partial charge in [-0.3, -0.25) is 9.48 Å². The number of ether oxygens (including phenoxy) is 1. The summed E-state index contributed by atoms with van der Waals surface area (Å²) in [6, 6.07) is 0.278. The first-order chi connectivity index (χ1) is 14.8. The Labute approximate surface area is 186 Å². The van der Waals surface area contributed by atoms with E-state index in [9.17, 15) is 9.59 Å². The van der Waals surface area contributed by atoms with Crippen LogP contribution in [0.1, 0.15) is 81.5 Å². The lowest BCUT2D eigenvalue weighted by Gasteiger charge is -2.28. The van der Waals surface area contributed by atoms with E-state index in [0.717, 1.165) is 63.7 Å². The normalized spacial score (nSPS) is 19.1. The number of rotatable bonds is 7. The molecule has 2 N–H and O–H groups in total. The van der Waals surface area contributed by atoms with Gasteiger partial charge in [-0.25, -0.2) is 4.79 Å². The zero-order valence-electron chi connectivity index (χ0n) is 19.6. The fourth-order valence-electron chi connectivity index (χ4n) is 4.43. The number of amides is 2. The molecular formula is C23H39N5O3. The number of hydrogen-bond acceptors (Lipinski definition) is 5. The van der Waals surface area contributed by atoms with E-state index in [4.69, 9.17) is 9.84 Å². The van der Waals surface area contributed by atoms with E-state index in [2.05, 4.69) is 22.2 Å². The molecule has 3 rings (SSSR count). The predicted molar refractivity (Wildman–Crippen MR) is 120 cm³/mol. The second-order valence-electron chi connectivity index (χ2n) is 9.67. The summed E-state index contributed by atoms with van der Waals surface area (Å²) in [5.41, 5.74) is 2.51. The summed E-state index contributed by atoms with van der Waals surface area (Å²) in [4.78, 5) is 27.0. The maximum absolute atomic E-state index is 13.2. The Bertz CT molecular complexity index is 762. The van der Waals surface area contributed by atoms with Crippen molar-refractivity contribution in [2.45, 2.75) is 90.8 Å². The molecule has 1 saturated heterocycles. The van der Waals surface area contributed by atoms with Gasteiger partial charge in [0.25, 0.3) is 5.91 Å². The first kappa shape index (κ1) is 23.6. The van der Waals surface area contributed by atoms with Crippen LogP contribution in [0.25, 0.3) is 0 Å². The smallest absolute Gasteiger partial charge is 0.407 e. The maximum Gasteiger partial charge on any atom is 0.407 e. The van der Waals surface area contributed by atoms with Crippen LogP contribution in [-0.2, 0) is 24.1 Å². The minimum atomic E-state index is -0.493. The summed E-state index contributed by atoms with van der Waals surface area (Å²) in [7, 11) is 0. The number of aryl methyl sites for hydroxylation is 1. The summed E-state index contributed by atoms with van der Waals surface area (Å²) in [5.74, 6) is 0.0954. The monoisotopic (exact) mass is 433 g/mol. The highest BCUT2D eigenvalue weighted by Gasteiger charge is 2.31. The van der Waals surface area contributed by atoms with Crippen molar-refractivity contribution in [1.82, 2.24) is 25.3 Å². The van der Waals surface area contributed by atoms with Crippen LogP contribution in [0, 0.1) is 0 Å². The van der Waals surface area contributed by atoms with Crippen LogP contribution in [0.5, 0.6) is 0 Å². The molecule has 1 aromatic heterocycles. The van der Waals surface area contributed by atoms with Crippen LogP contribution in [0.3, 0.4) is 0 Å². The van der Waals surface area contributed by atoms with Gasteiger partial charge in [-0.1, -0.05) is 6.92 Å². The molecule has 2 aliphatic rings. The number of alkyl carbamates (subject to hydrolysis) is 1. The van der Waals surface area contributed by atoms with Crippen LogP contribution in [0.2, 0.25) is 0 Å². The van der Waals surface area contributed by atoms with Gasteiger partial charge in [-0.05, 0) is 65.7 Å². The third kappa shape index (κ3) is 6.45. The van der Waals surface area contributed by atoms with Gasteiger partial charge in [0.1, 0.15) is 5.60 Å². The molecule has 1 aliphatic heterocycles. The second kappa shape index (κ2) is 10.5. The number of piperidine rings is 1. The third-order valence-corrected chi connectivity index (χ3v) is 5.85. The third-order valence-electron chi connectivity index (χ3n) is 5.85. The summed E-state index contributed by atoms with van der Waals surface area (Å²) < 4.78 is 7.33. The molecule has 0 radical (unpaired) electrons. The fraction of sp³-hybridized carbons (Fsp3) is 0.783. The first-order valence-electron chi connectivity index (χ1n) is 11.9. The second-order valence-corrected chi connectivity index (χ2v) is 9.67. The number of nitrogens with one attached hydrogen (secondary N) is 2. The Morgan fingerprint density at radius 1 is 1.16 bits per heavy atom. The Kier molecular flexibility index (Phi) is 7.97. The topological polar surface area (TPSA) is 88.5 Å². The van der Waals surface area contributed by atoms with E-state index in [1.54, 1.807) is 0 Å². The number of hydrogen-bond donors (Lipinski definition) is 2. The first-order valence-corrected chi connectivity index (χ1v) is 11.9. The Morgan fingerprint density at radius 3 is 2.58 bits per heavy atom. The van der Waals surface area contributed by atoms with Gasteiger partial charge >= 0.3 is 6.09 Å². The number of carbonyl (C=O) groups excluding carboxylic acids is 2. The molecule has 0 bridgehead atoms. The average molecular weight is 434 g/mol. The van der Waals surface area contributed by atoms with E-state index < -0.39 is 11.7 Å². The van der Waals surface area contributed by atoms with Gasteiger partial charge < -0.3 is 20.3 Å². The summed E-state index contributed by atoms with van der Waals surface area (Å²) in [5, 5.41) is 11.1. The number of nitrogens with zero attached hydrogens (tertiary/aromatic N) is 3. The largest absolute Gasteiger partial charge is 0.444 e. The molecule has 1 fully saturated rings. The predicted octanol–water partition coefficient (Wildman–Crippen LogP) is 2.89.